The molecule has 0 amide bonds. The molecule has 2 aromatic rings. The first-order valence-corrected chi connectivity index (χ1v) is 6.06. The molecule has 0 bridgehead atoms. The molecular weight excluding hydrogens is 250 g/mol. The first-order valence-electron chi connectivity index (χ1n) is 5.68. The molecule has 3 rings (SSSR count). The molecule has 90 valence electrons. The molecule has 2 heterocycles. The van der Waals surface area contributed by atoms with Crippen LogP contribution in [0.3, 0.4) is 0 Å². The summed E-state index contributed by atoms with van der Waals surface area (Å²) >= 11 is 6.21. The molecule has 0 atom stereocenters. The number of aromatic nitrogens is 4. The summed E-state index contributed by atoms with van der Waals surface area (Å²) in [7, 11) is 0. The van der Waals surface area contributed by atoms with E-state index < -0.39 is 0 Å². The van der Waals surface area contributed by atoms with Crippen molar-refractivity contribution in [1.82, 2.24) is 19.7 Å². The molecule has 6 heteroatoms. The molecule has 0 radical (unpaired) electrons. The number of hydrogen-bond donors (Lipinski definition) is 0. The Labute approximate surface area is 109 Å². The lowest BCUT2D eigenvalue weighted by Crippen LogP contribution is -2.01. The summed E-state index contributed by atoms with van der Waals surface area (Å²) in [4.78, 5) is 8.17. The van der Waals surface area contributed by atoms with E-state index in [2.05, 4.69) is 21.1 Å². The van der Waals surface area contributed by atoms with E-state index in [9.17, 15) is 5.26 Å². The van der Waals surface area contributed by atoms with Crippen LogP contribution in [0.2, 0.25) is 5.15 Å². The molecule has 1 aliphatic carbocycles. The maximum absolute atomic E-state index is 9.17. The highest BCUT2D eigenvalue weighted by Crippen LogP contribution is 2.42. The Balaban J connectivity index is 2.16. The number of nitrogens with zero attached hydrogens (tertiary/aromatic N) is 5. The van der Waals surface area contributed by atoms with Crippen LogP contribution in [0.5, 0.6) is 0 Å². The number of nitriles is 1. The molecule has 0 saturated heterocycles. The summed E-state index contributed by atoms with van der Waals surface area (Å²) in [6.45, 7) is 1.87. The minimum atomic E-state index is 0.331. The summed E-state index contributed by atoms with van der Waals surface area (Å²) in [5, 5.41) is 13.9. The smallest absolute Gasteiger partial charge is 0.158 e. The van der Waals surface area contributed by atoms with Crippen molar-refractivity contribution in [2.75, 3.05) is 0 Å². The lowest BCUT2D eigenvalue weighted by atomic mass is 10.2. The predicted octanol–water partition coefficient (Wildman–Crippen LogP) is 2.37. The van der Waals surface area contributed by atoms with Crippen molar-refractivity contribution in [2.45, 2.75) is 25.7 Å². The summed E-state index contributed by atoms with van der Waals surface area (Å²) in [6.07, 6.45) is 3.61. The third-order valence-electron chi connectivity index (χ3n) is 2.94. The minimum Gasteiger partial charge on any atom is -0.242 e. The zero-order valence-corrected chi connectivity index (χ0v) is 10.5. The highest BCUT2D eigenvalue weighted by Gasteiger charge is 2.32. The van der Waals surface area contributed by atoms with Gasteiger partial charge in [0.1, 0.15) is 18.0 Å². The molecular formula is C12H10ClN5. The van der Waals surface area contributed by atoms with Gasteiger partial charge >= 0.3 is 0 Å². The fourth-order valence-electron chi connectivity index (χ4n) is 1.87. The maximum atomic E-state index is 9.17. The Morgan fingerprint density at radius 1 is 1.44 bits per heavy atom. The third kappa shape index (κ3) is 1.75. The van der Waals surface area contributed by atoms with Gasteiger partial charge in [-0.05, 0) is 19.8 Å². The Hall–Kier alpha value is -1.93. The monoisotopic (exact) mass is 259 g/mol. The minimum absolute atomic E-state index is 0.331. The topological polar surface area (TPSA) is 67.4 Å². The van der Waals surface area contributed by atoms with Gasteiger partial charge in [0, 0.05) is 17.7 Å². The van der Waals surface area contributed by atoms with Gasteiger partial charge in [-0.2, -0.15) is 10.4 Å². The largest absolute Gasteiger partial charge is 0.242 e. The first kappa shape index (κ1) is 11.2. The van der Waals surface area contributed by atoms with E-state index in [1.807, 2.05) is 6.92 Å². The van der Waals surface area contributed by atoms with Crippen molar-refractivity contribution in [3.8, 4) is 11.9 Å². The van der Waals surface area contributed by atoms with Crippen LogP contribution in [0.25, 0.3) is 5.82 Å². The Bertz CT molecular complexity index is 651. The van der Waals surface area contributed by atoms with Crippen LogP contribution in [0, 0.1) is 18.3 Å². The number of aryl methyl sites for hydroxylation is 1. The standard InChI is InChI=1S/C12H10ClN5/c1-7-4-10(16-6-15-7)18-12(13)9(5-14)11(17-18)8-2-3-8/h4,6,8H,2-3H2,1H3. The number of hydrogen-bond acceptors (Lipinski definition) is 4. The Morgan fingerprint density at radius 3 is 2.83 bits per heavy atom. The molecule has 18 heavy (non-hydrogen) atoms. The second kappa shape index (κ2) is 4.07. The van der Waals surface area contributed by atoms with Crippen LogP contribution in [0.4, 0.5) is 0 Å². The van der Waals surface area contributed by atoms with E-state index in [-0.39, 0.29) is 0 Å². The van der Waals surface area contributed by atoms with Crippen LogP contribution in [-0.4, -0.2) is 19.7 Å². The van der Waals surface area contributed by atoms with Gasteiger partial charge in [0.25, 0.3) is 0 Å². The van der Waals surface area contributed by atoms with Crippen molar-refractivity contribution in [2.24, 2.45) is 0 Å². The Morgan fingerprint density at radius 2 is 2.22 bits per heavy atom. The quantitative estimate of drug-likeness (QED) is 0.830. The van der Waals surface area contributed by atoms with Crippen LogP contribution < -0.4 is 0 Å². The molecule has 0 spiro atoms. The van der Waals surface area contributed by atoms with Crippen LogP contribution in [-0.2, 0) is 0 Å². The summed E-state index contributed by atoms with van der Waals surface area (Å²) in [5.74, 6) is 0.970. The first-order chi connectivity index (χ1) is 8.70. The number of halogens is 1. The molecule has 1 saturated carbocycles. The van der Waals surface area contributed by atoms with Gasteiger partial charge < -0.3 is 0 Å². The summed E-state index contributed by atoms with van der Waals surface area (Å²) in [6, 6.07) is 3.92. The number of rotatable bonds is 2. The lowest BCUT2D eigenvalue weighted by Gasteiger charge is -2.01. The zero-order valence-electron chi connectivity index (χ0n) is 9.76. The van der Waals surface area contributed by atoms with Crippen molar-refractivity contribution in [1.29, 1.82) is 5.26 Å². The van der Waals surface area contributed by atoms with Crippen LogP contribution >= 0.6 is 11.6 Å². The van der Waals surface area contributed by atoms with Crippen molar-refractivity contribution >= 4 is 11.6 Å². The van der Waals surface area contributed by atoms with E-state index in [4.69, 9.17) is 11.6 Å². The van der Waals surface area contributed by atoms with Gasteiger partial charge in [0.2, 0.25) is 0 Å². The van der Waals surface area contributed by atoms with E-state index >= 15 is 0 Å². The summed E-state index contributed by atoms with van der Waals surface area (Å²) < 4.78 is 1.52. The van der Waals surface area contributed by atoms with Gasteiger partial charge in [-0.15, -0.1) is 0 Å². The van der Waals surface area contributed by atoms with Crippen molar-refractivity contribution in [3.63, 3.8) is 0 Å². The second-order valence-corrected chi connectivity index (χ2v) is 4.72. The SMILES string of the molecule is Cc1cc(-n2nc(C3CC3)c(C#N)c2Cl)ncn1. The fourth-order valence-corrected chi connectivity index (χ4v) is 2.13. The zero-order chi connectivity index (χ0) is 12.7. The van der Waals surface area contributed by atoms with Crippen molar-refractivity contribution in [3.05, 3.63) is 34.5 Å². The maximum Gasteiger partial charge on any atom is 0.158 e. The highest BCUT2D eigenvalue weighted by molar-refractivity contribution is 6.31. The van der Waals surface area contributed by atoms with Gasteiger partial charge in [-0.25, -0.2) is 14.6 Å². The molecule has 0 unspecified atom stereocenters. The van der Waals surface area contributed by atoms with Crippen LogP contribution in [0.1, 0.15) is 35.7 Å². The molecule has 0 aromatic carbocycles. The van der Waals surface area contributed by atoms with Gasteiger partial charge in [0.05, 0.1) is 5.69 Å². The second-order valence-electron chi connectivity index (χ2n) is 4.37. The average molecular weight is 260 g/mol. The molecule has 5 nitrogen and oxygen atoms in total. The molecule has 0 N–H and O–H groups in total. The van der Waals surface area contributed by atoms with Crippen LogP contribution in [0.15, 0.2) is 12.4 Å². The average Bonchev–Trinajstić information content (AvgIpc) is 3.13. The lowest BCUT2D eigenvalue weighted by molar-refractivity contribution is 0.805. The van der Waals surface area contributed by atoms with E-state index in [0.717, 1.165) is 24.2 Å². The van der Waals surface area contributed by atoms with E-state index in [0.29, 0.717) is 22.5 Å². The molecule has 1 aliphatic rings. The fraction of sp³-hybridized carbons (Fsp3) is 0.333. The molecule has 1 fully saturated rings. The summed E-state index contributed by atoms with van der Waals surface area (Å²) in [5.41, 5.74) is 2.09. The van der Waals surface area contributed by atoms with Gasteiger partial charge in [0.15, 0.2) is 11.0 Å². The van der Waals surface area contributed by atoms with Gasteiger partial charge in [-0.3, -0.25) is 0 Å². The highest BCUT2D eigenvalue weighted by atomic mass is 35.5. The molecule has 2 aromatic heterocycles. The van der Waals surface area contributed by atoms with E-state index in [1.165, 1.54) is 11.0 Å². The van der Waals surface area contributed by atoms with Crippen molar-refractivity contribution < 1.29 is 0 Å². The van der Waals surface area contributed by atoms with E-state index in [1.54, 1.807) is 6.07 Å². The molecule has 0 aliphatic heterocycles. The normalized spacial score (nSPS) is 14.5. The third-order valence-corrected chi connectivity index (χ3v) is 3.29. The predicted molar refractivity (Wildman–Crippen MR) is 65.6 cm³/mol. The van der Waals surface area contributed by atoms with Gasteiger partial charge in [-0.1, -0.05) is 11.6 Å². The Kier molecular flexibility index (Phi) is 2.53.